The number of aryl methyl sites for hydroxylation is 1. The van der Waals surface area contributed by atoms with Crippen molar-refractivity contribution in [3.05, 3.63) is 52.8 Å². The van der Waals surface area contributed by atoms with Gasteiger partial charge in [-0.3, -0.25) is 14.5 Å². The molecule has 1 aromatic carbocycles. The summed E-state index contributed by atoms with van der Waals surface area (Å²) in [4.78, 5) is 18.7. The number of amides is 1. The molecule has 1 fully saturated rings. The van der Waals surface area contributed by atoms with E-state index in [4.69, 9.17) is 16.3 Å². The Morgan fingerprint density at radius 3 is 2.86 bits per heavy atom. The van der Waals surface area contributed by atoms with E-state index in [0.29, 0.717) is 36.8 Å². The van der Waals surface area contributed by atoms with E-state index in [1.54, 1.807) is 36.0 Å². The summed E-state index contributed by atoms with van der Waals surface area (Å²) in [5, 5.41) is 10.8. The number of benzene rings is 1. The third-order valence-corrected chi connectivity index (χ3v) is 4.82. The predicted molar refractivity (Wildman–Crippen MR) is 109 cm³/mol. The minimum absolute atomic E-state index is 0.0408. The van der Waals surface area contributed by atoms with Crippen LogP contribution in [0.15, 0.2) is 41.7 Å². The van der Waals surface area contributed by atoms with Crippen LogP contribution >= 0.6 is 11.6 Å². The number of nitrogens with one attached hydrogen (secondary N) is 2. The second-order valence-electron chi connectivity index (χ2n) is 6.46. The largest absolute Gasteiger partial charge is 0.370 e. The number of hydrogen-bond acceptors (Lipinski definition) is 4. The molecule has 1 atom stereocenters. The fraction of sp³-hybridized carbons (Fsp3) is 0.421. The summed E-state index contributed by atoms with van der Waals surface area (Å²) in [5.41, 5.74) is 1.52. The Morgan fingerprint density at radius 2 is 2.14 bits per heavy atom. The number of aliphatic imine (C=N–C) groups is 1. The first-order valence-corrected chi connectivity index (χ1v) is 9.54. The van der Waals surface area contributed by atoms with Crippen molar-refractivity contribution in [3.8, 4) is 0 Å². The molecule has 1 unspecified atom stereocenters. The number of hydrogen-bond donors (Lipinski definition) is 2. The van der Waals surface area contributed by atoms with Crippen molar-refractivity contribution < 1.29 is 9.53 Å². The van der Waals surface area contributed by atoms with Gasteiger partial charge in [-0.1, -0.05) is 23.7 Å². The normalized spacial score (nSPS) is 17.5. The number of carbonyl (C=O) groups excluding carboxylic acids is 1. The third-order valence-electron chi connectivity index (χ3n) is 4.49. The maximum absolute atomic E-state index is 12.2. The zero-order valence-corrected chi connectivity index (χ0v) is 16.8. The maximum atomic E-state index is 12.2. The number of morpholine rings is 1. The second kappa shape index (κ2) is 9.57. The molecule has 150 valence electrons. The smallest absolute Gasteiger partial charge is 0.252 e. The lowest BCUT2D eigenvalue weighted by Gasteiger charge is -2.34. The average Bonchev–Trinajstić information content (AvgIpc) is 3.15. The highest BCUT2D eigenvalue weighted by molar-refractivity contribution is 6.33. The van der Waals surface area contributed by atoms with Crippen LogP contribution in [-0.4, -0.2) is 66.4 Å². The zero-order valence-electron chi connectivity index (χ0n) is 16.1. The van der Waals surface area contributed by atoms with Crippen molar-refractivity contribution >= 4 is 23.5 Å². The molecule has 0 saturated carbocycles. The van der Waals surface area contributed by atoms with Crippen LogP contribution in [0.2, 0.25) is 5.02 Å². The number of rotatable bonds is 5. The van der Waals surface area contributed by atoms with Gasteiger partial charge >= 0.3 is 0 Å². The molecule has 1 aliphatic heterocycles. The van der Waals surface area contributed by atoms with Crippen LogP contribution in [-0.2, 0) is 11.8 Å². The standard InChI is InChI=1S/C19H25ClN6O2/c1-21-19(23-8-7-22-18(27)15-5-3-4-6-16(15)20)26-9-10-28-17(13-26)14-11-24-25(2)12-14/h3-6,11-12,17H,7-10,13H2,1-2H3,(H,21,23)(H,22,27). The van der Waals surface area contributed by atoms with E-state index < -0.39 is 0 Å². The number of guanidine groups is 1. The van der Waals surface area contributed by atoms with Crippen LogP contribution in [0.4, 0.5) is 0 Å². The lowest BCUT2D eigenvalue weighted by Crippen LogP contribution is -2.49. The van der Waals surface area contributed by atoms with E-state index in [9.17, 15) is 4.79 Å². The van der Waals surface area contributed by atoms with E-state index >= 15 is 0 Å². The molecule has 1 aliphatic rings. The quantitative estimate of drug-likeness (QED) is 0.447. The Morgan fingerprint density at radius 1 is 1.36 bits per heavy atom. The molecule has 0 spiro atoms. The zero-order chi connectivity index (χ0) is 19.9. The summed E-state index contributed by atoms with van der Waals surface area (Å²) in [6, 6.07) is 6.99. The van der Waals surface area contributed by atoms with Crippen molar-refractivity contribution in [1.82, 2.24) is 25.3 Å². The van der Waals surface area contributed by atoms with Crippen molar-refractivity contribution in [1.29, 1.82) is 0 Å². The van der Waals surface area contributed by atoms with Gasteiger partial charge < -0.3 is 20.3 Å². The van der Waals surface area contributed by atoms with Gasteiger partial charge in [0.1, 0.15) is 6.10 Å². The molecule has 28 heavy (non-hydrogen) atoms. The van der Waals surface area contributed by atoms with Gasteiger partial charge in [-0.05, 0) is 12.1 Å². The predicted octanol–water partition coefficient (Wildman–Crippen LogP) is 1.45. The molecule has 2 N–H and O–H groups in total. The van der Waals surface area contributed by atoms with Crippen LogP contribution in [0.5, 0.6) is 0 Å². The van der Waals surface area contributed by atoms with Gasteiger partial charge in [0, 0.05) is 45.5 Å². The molecule has 1 aromatic heterocycles. The van der Waals surface area contributed by atoms with Gasteiger partial charge in [-0.15, -0.1) is 0 Å². The number of nitrogens with zero attached hydrogens (tertiary/aromatic N) is 4. The molecule has 2 heterocycles. The molecular formula is C19H25ClN6O2. The molecule has 0 bridgehead atoms. The summed E-state index contributed by atoms with van der Waals surface area (Å²) >= 11 is 6.05. The van der Waals surface area contributed by atoms with Gasteiger partial charge in [0.05, 0.1) is 29.9 Å². The Kier molecular flexibility index (Phi) is 6.89. The lowest BCUT2D eigenvalue weighted by molar-refractivity contribution is -0.00800. The van der Waals surface area contributed by atoms with Gasteiger partial charge in [-0.25, -0.2) is 0 Å². The lowest BCUT2D eigenvalue weighted by atomic mass is 10.1. The van der Waals surface area contributed by atoms with Gasteiger partial charge in [0.25, 0.3) is 5.91 Å². The van der Waals surface area contributed by atoms with Crippen LogP contribution in [0.25, 0.3) is 0 Å². The van der Waals surface area contributed by atoms with E-state index in [-0.39, 0.29) is 12.0 Å². The Labute approximate surface area is 169 Å². The first-order chi connectivity index (χ1) is 13.6. The second-order valence-corrected chi connectivity index (χ2v) is 6.87. The summed E-state index contributed by atoms with van der Waals surface area (Å²) in [5.74, 6) is 0.592. The summed E-state index contributed by atoms with van der Waals surface area (Å²) < 4.78 is 7.64. The number of aromatic nitrogens is 2. The number of carbonyl (C=O) groups is 1. The number of halogens is 1. The highest BCUT2D eigenvalue weighted by atomic mass is 35.5. The summed E-state index contributed by atoms with van der Waals surface area (Å²) in [7, 11) is 3.64. The van der Waals surface area contributed by atoms with Crippen LogP contribution in [0.3, 0.4) is 0 Å². The first kappa shape index (κ1) is 20.2. The SMILES string of the molecule is CN=C(NCCNC(=O)c1ccccc1Cl)N1CCOC(c2cnn(C)c2)C1. The van der Waals surface area contributed by atoms with Crippen LogP contribution in [0, 0.1) is 0 Å². The molecule has 3 rings (SSSR count). The fourth-order valence-electron chi connectivity index (χ4n) is 3.07. The van der Waals surface area contributed by atoms with E-state index in [1.807, 2.05) is 19.4 Å². The van der Waals surface area contributed by atoms with Crippen LogP contribution < -0.4 is 10.6 Å². The fourth-order valence-corrected chi connectivity index (χ4v) is 3.29. The average molecular weight is 405 g/mol. The van der Waals surface area contributed by atoms with Crippen molar-refractivity contribution in [2.24, 2.45) is 12.0 Å². The maximum Gasteiger partial charge on any atom is 0.252 e. The summed E-state index contributed by atoms with van der Waals surface area (Å²) in [6.07, 6.45) is 3.75. The third kappa shape index (κ3) is 5.02. The topological polar surface area (TPSA) is 83.8 Å². The minimum Gasteiger partial charge on any atom is -0.370 e. The van der Waals surface area contributed by atoms with Crippen molar-refractivity contribution in [2.75, 3.05) is 39.8 Å². The molecule has 8 nitrogen and oxygen atoms in total. The molecule has 2 aromatic rings. The van der Waals surface area contributed by atoms with Gasteiger partial charge in [-0.2, -0.15) is 5.10 Å². The molecule has 9 heteroatoms. The minimum atomic E-state index is -0.189. The molecule has 1 saturated heterocycles. The molecule has 0 aliphatic carbocycles. The number of ether oxygens (including phenoxy) is 1. The highest BCUT2D eigenvalue weighted by Gasteiger charge is 2.25. The highest BCUT2D eigenvalue weighted by Crippen LogP contribution is 2.21. The first-order valence-electron chi connectivity index (χ1n) is 9.17. The monoisotopic (exact) mass is 404 g/mol. The Bertz CT molecular complexity index is 837. The van der Waals surface area contributed by atoms with Gasteiger partial charge in [0.15, 0.2) is 5.96 Å². The molecule has 1 amide bonds. The van der Waals surface area contributed by atoms with E-state index in [1.165, 1.54) is 0 Å². The van der Waals surface area contributed by atoms with E-state index in [2.05, 4.69) is 25.6 Å². The van der Waals surface area contributed by atoms with Crippen LogP contribution in [0.1, 0.15) is 22.0 Å². The molecule has 0 radical (unpaired) electrons. The summed E-state index contributed by atoms with van der Waals surface area (Å²) in [6.45, 7) is 3.07. The van der Waals surface area contributed by atoms with Crippen molar-refractivity contribution in [3.63, 3.8) is 0 Å². The molecular weight excluding hydrogens is 380 g/mol. The Hall–Kier alpha value is -2.58. The van der Waals surface area contributed by atoms with E-state index in [0.717, 1.165) is 18.1 Å². The van der Waals surface area contributed by atoms with Crippen molar-refractivity contribution in [2.45, 2.75) is 6.10 Å². The van der Waals surface area contributed by atoms with Gasteiger partial charge in [0.2, 0.25) is 0 Å². The Balaban J connectivity index is 1.48.